The second kappa shape index (κ2) is 7.38. The van der Waals surface area contributed by atoms with Crippen LogP contribution in [0.2, 0.25) is 0 Å². The van der Waals surface area contributed by atoms with E-state index in [9.17, 15) is 8.78 Å². The van der Waals surface area contributed by atoms with Gasteiger partial charge in [-0.2, -0.15) is 5.10 Å². The zero-order valence-corrected chi connectivity index (χ0v) is 14.2. The minimum absolute atomic E-state index is 0.183. The highest BCUT2D eigenvalue weighted by Crippen LogP contribution is 2.26. The molecule has 24 heavy (non-hydrogen) atoms. The number of nitrogens with zero attached hydrogens (tertiary/aromatic N) is 2. The van der Waals surface area contributed by atoms with Gasteiger partial charge in [-0.05, 0) is 50.0 Å². The van der Waals surface area contributed by atoms with Gasteiger partial charge in [-0.25, -0.2) is 13.8 Å². The van der Waals surface area contributed by atoms with Crippen molar-refractivity contribution in [2.45, 2.75) is 40.0 Å². The molecule has 0 saturated heterocycles. The van der Waals surface area contributed by atoms with E-state index >= 15 is 0 Å². The van der Waals surface area contributed by atoms with Crippen LogP contribution in [-0.2, 0) is 0 Å². The number of halogens is 2. The highest BCUT2D eigenvalue weighted by molar-refractivity contribution is 6.00. The highest BCUT2D eigenvalue weighted by Gasteiger charge is 2.14. The summed E-state index contributed by atoms with van der Waals surface area (Å²) >= 11 is 0. The Morgan fingerprint density at radius 3 is 2.79 bits per heavy atom. The van der Waals surface area contributed by atoms with Crippen LogP contribution in [0.15, 0.2) is 35.1 Å². The Hall–Kier alpha value is -2.50. The van der Waals surface area contributed by atoms with Gasteiger partial charge in [0.1, 0.15) is 17.0 Å². The van der Waals surface area contributed by atoms with Crippen molar-refractivity contribution in [1.29, 1.82) is 0 Å². The molecule has 0 aliphatic carbocycles. The number of nitrogens with one attached hydrogen (secondary N) is 1. The van der Waals surface area contributed by atoms with Gasteiger partial charge in [-0.1, -0.05) is 19.9 Å². The fourth-order valence-electron chi connectivity index (χ4n) is 2.45. The number of aromatic nitrogens is 2. The van der Waals surface area contributed by atoms with Gasteiger partial charge >= 0.3 is 0 Å². The number of nitrogens with two attached hydrogens (primary N) is 1. The molecule has 0 amide bonds. The van der Waals surface area contributed by atoms with Crippen molar-refractivity contribution in [1.82, 2.24) is 10.2 Å². The first-order valence-corrected chi connectivity index (χ1v) is 7.88. The Balaban J connectivity index is 2.36. The average Bonchev–Trinajstić information content (AvgIpc) is 2.95. The van der Waals surface area contributed by atoms with Crippen molar-refractivity contribution in [2.24, 2.45) is 10.7 Å². The number of allylic oxidation sites excluding steroid dienone is 1. The van der Waals surface area contributed by atoms with Crippen LogP contribution >= 0.6 is 0 Å². The van der Waals surface area contributed by atoms with E-state index in [1.165, 1.54) is 6.07 Å². The molecule has 6 heteroatoms. The molecule has 1 aromatic heterocycles. The summed E-state index contributed by atoms with van der Waals surface area (Å²) in [5.74, 6) is -1.18. The third-order valence-corrected chi connectivity index (χ3v) is 3.80. The molecule has 0 unspecified atom stereocenters. The van der Waals surface area contributed by atoms with Crippen molar-refractivity contribution >= 4 is 22.4 Å². The number of amidine groups is 1. The minimum Gasteiger partial charge on any atom is -0.381 e. The first-order valence-electron chi connectivity index (χ1n) is 7.88. The lowest BCUT2D eigenvalue weighted by atomic mass is 10.1. The lowest BCUT2D eigenvalue weighted by Crippen LogP contribution is -2.14. The van der Waals surface area contributed by atoms with E-state index in [1.807, 2.05) is 6.92 Å². The molecule has 0 aliphatic rings. The van der Waals surface area contributed by atoms with Crippen molar-refractivity contribution in [3.8, 4) is 0 Å². The van der Waals surface area contributed by atoms with Gasteiger partial charge < -0.3 is 5.73 Å². The Labute approximate surface area is 140 Å². The summed E-state index contributed by atoms with van der Waals surface area (Å²) in [7, 11) is 0. The monoisotopic (exact) mass is 332 g/mol. The molecule has 1 heterocycles. The van der Waals surface area contributed by atoms with Gasteiger partial charge in [0, 0.05) is 5.39 Å². The number of hydrogen-bond donors (Lipinski definition) is 2. The second-order valence-corrected chi connectivity index (χ2v) is 5.88. The number of aryl methyl sites for hydroxylation is 1. The third kappa shape index (κ3) is 3.69. The smallest absolute Gasteiger partial charge is 0.164 e. The van der Waals surface area contributed by atoms with E-state index < -0.39 is 11.6 Å². The van der Waals surface area contributed by atoms with E-state index in [-0.39, 0.29) is 17.0 Å². The Morgan fingerprint density at radius 1 is 1.42 bits per heavy atom. The fourth-order valence-corrected chi connectivity index (χ4v) is 2.45. The van der Waals surface area contributed by atoms with Crippen molar-refractivity contribution in [3.05, 3.63) is 47.2 Å². The summed E-state index contributed by atoms with van der Waals surface area (Å²) in [6.45, 7) is 9.30. The SMILES string of the molecule is C=C(/N=C(N)\C(F)=C(/C)CCCC)c1n[nH]c2c(F)cc(C)cc12. The van der Waals surface area contributed by atoms with Gasteiger partial charge in [0.15, 0.2) is 11.7 Å². The van der Waals surface area contributed by atoms with Crippen LogP contribution in [0.4, 0.5) is 8.78 Å². The van der Waals surface area contributed by atoms with Gasteiger partial charge in [-0.15, -0.1) is 0 Å². The molecule has 3 N–H and O–H groups in total. The summed E-state index contributed by atoms with van der Waals surface area (Å²) < 4.78 is 28.2. The van der Waals surface area contributed by atoms with E-state index in [1.54, 1.807) is 19.9 Å². The number of aromatic amines is 1. The van der Waals surface area contributed by atoms with Crippen LogP contribution < -0.4 is 5.73 Å². The van der Waals surface area contributed by atoms with Crippen molar-refractivity contribution in [3.63, 3.8) is 0 Å². The van der Waals surface area contributed by atoms with Crippen LogP contribution in [0.25, 0.3) is 16.6 Å². The molecule has 128 valence electrons. The summed E-state index contributed by atoms with van der Waals surface area (Å²) in [6, 6.07) is 3.18. The zero-order chi connectivity index (χ0) is 17.9. The molecule has 0 spiro atoms. The van der Waals surface area contributed by atoms with Crippen LogP contribution in [0.5, 0.6) is 0 Å². The van der Waals surface area contributed by atoms with Crippen LogP contribution in [-0.4, -0.2) is 16.0 Å². The molecule has 0 radical (unpaired) electrons. The number of H-pyrrole nitrogens is 1. The minimum atomic E-state index is -0.535. The molecular weight excluding hydrogens is 310 g/mol. The molecule has 1 aromatic carbocycles. The predicted molar refractivity (Wildman–Crippen MR) is 94.8 cm³/mol. The third-order valence-electron chi connectivity index (χ3n) is 3.80. The molecular formula is C18H22F2N4. The maximum absolute atomic E-state index is 14.3. The Morgan fingerprint density at radius 2 is 2.12 bits per heavy atom. The van der Waals surface area contributed by atoms with Gasteiger partial charge in [-0.3, -0.25) is 5.10 Å². The summed E-state index contributed by atoms with van der Waals surface area (Å²) in [4.78, 5) is 4.02. The highest BCUT2D eigenvalue weighted by atomic mass is 19.1. The maximum atomic E-state index is 14.3. The fraction of sp³-hybridized carbons (Fsp3) is 0.333. The lowest BCUT2D eigenvalue weighted by Gasteiger charge is -2.05. The molecule has 0 bridgehead atoms. The van der Waals surface area contributed by atoms with Gasteiger partial charge in [0.25, 0.3) is 0 Å². The number of rotatable bonds is 6. The normalized spacial score (nSPS) is 13.3. The topological polar surface area (TPSA) is 67.1 Å². The van der Waals surface area contributed by atoms with Crippen LogP contribution in [0.3, 0.4) is 0 Å². The maximum Gasteiger partial charge on any atom is 0.164 e. The number of fused-ring (bicyclic) bond motifs is 1. The van der Waals surface area contributed by atoms with Crippen LogP contribution in [0.1, 0.15) is 44.4 Å². The molecule has 0 fully saturated rings. The number of hydrogen-bond acceptors (Lipinski definition) is 2. The average molecular weight is 332 g/mol. The van der Waals surface area contributed by atoms with E-state index in [4.69, 9.17) is 5.73 Å². The van der Waals surface area contributed by atoms with Crippen LogP contribution in [0, 0.1) is 12.7 Å². The quantitative estimate of drug-likeness (QED) is 0.591. The first-order chi connectivity index (χ1) is 11.3. The van der Waals surface area contributed by atoms with E-state index in [0.29, 0.717) is 23.1 Å². The number of unbranched alkanes of at least 4 members (excludes halogenated alkanes) is 1. The number of benzene rings is 1. The second-order valence-electron chi connectivity index (χ2n) is 5.88. The summed E-state index contributed by atoms with van der Waals surface area (Å²) in [6.07, 6.45) is 2.48. The molecule has 4 nitrogen and oxygen atoms in total. The van der Waals surface area contributed by atoms with E-state index in [2.05, 4.69) is 21.8 Å². The molecule has 0 aliphatic heterocycles. The van der Waals surface area contributed by atoms with Gasteiger partial charge in [0.2, 0.25) is 0 Å². The van der Waals surface area contributed by atoms with Crippen molar-refractivity contribution in [2.75, 3.05) is 0 Å². The number of aliphatic imine (C=N–C) groups is 1. The largest absolute Gasteiger partial charge is 0.381 e. The summed E-state index contributed by atoms with van der Waals surface area (Å²) in [5, 5.41) is 7.20. The van der Waals surface area contributed by atoms with Gasteiger partial charge in [0.05, 0.1) is 5.70 Å². The molecule has 0 atom stereocenters. The molecule has 2 aromatic rings. The van der Waals surface area contributed by atoms with E-state index in [0.717, 1.165) is 18.4 Å². The standard InChI is InChI=1S/C18H22F2N4/c1-5-6-7-11(3)15(20)18(21)22-12(4)16-13-8-10(2)9-14(19)17(13)24-23-16/h8-9H,4-7H2,1-3H3,(H2,21,22)(H,23,24)/b15-11-. The van der Waals surface area contributed by atoms with Crippen molar-refractivity contribution < 1.29 is 8.78 Å². The summed E-state index contributed by atoms with van der Waals surface area (Å²) in [5.41, 5.74) is 7.85. The molecule has 0 saturated carbocycles. The molecule has 2 rings (SSSR count). The Bertz CT molecular complexity index is 831. The zero-order valence-electron chi connectivity index (χ0n) is 14.2. The lowest BCUT2D eigenvalue weighted by molar-refractivity contribution is 0.635. The Kier molecular flexibility index (Phi) is 5.49. The predicted octanol–water partition coefficient (Wildman–Crippen LogP) is 4.77. The first kappa shape index (κ1) is 17.8.